The number of hydrogen-bond donors (Lipinski definition) is 0. The normalized spacial score (nSPS) is 18.2. The molecule has 12 heavy (non-hydrogen) atoms. The highest BCUT2D eigenvalue weighted by Crippen LogP contribution is 2.39. The highest BCUT2D eigenvalue weighted by Gasteiger charge is 2.38. The third kappa shape index (κ3) is 1.19. The van der Waals surface area contributed by atoms with Crippen LogP contribution < -0.4 is 0 Å². The minimum Gasteiger partial charge on any atom is -0.257 e. The predicted octanol–water partition coefficient (Wildman–Crippen LogP) is 2.24. The van der Waals surface area contributed by atoms with Crippen LogP contribution in [0.25, 0.3) is 0 Å². The molecule has 0 unspecified atom stereocenters. The summed E-state index contributed by atoms with van der Waals surface area (Å²) in [5.41, 5.74) is -0.634. The molecular formula is C7H7F3N2. The maximum atomic E-state index is 12.2. The van der Waals surface area contributed by atoms with Gasteiger partial charge in [0, 0.05) is 6.20 Å². The molecule has 5 heteroatoms. The van der Waals surface area contributed by atoms with Crippen molar-refractivity contribution in [2.45, 2.75) is 25.1 Å². The summed E-state index contributed by atoms with van der Waals surface area (Å²) in [6, 6.07) is 0.995. The molecule has 66 valence electrons. The molecule has 1 saturated carbocycles. The molecule has 0 amide bonds. The lowest BCUT2D eigenvalue weighted by molar-refractivity contribution is -0.144. The molecule has 0 saturated heterocycles. The van der Waals surface area contributed by atoms with Gasteiger partial charge in [0.2, 0.25) is 0 Å². The molecule has 0 atom stereocenters. The van der Waals surface area contributed by atoms with Gasteiger partial charge in [-0.15, -0.1) is 0 Å². The predicted molar refractivity (Wildman–Crippen MR) is 35.5 cm³/mol. The Labute approximate surface area is 67.0 Å². The molecule has 1 heterocycles. The quantitative estimate of drug-likeness (QED) is 0.641. The highest BCUT2D eigenvalue weighted by atomic mass is 19.4. The van der Waals surface area contributed by atoms with Crippen molar-refractivity contribution in [2.24, 2.45) is 0 Å². The Bertz CT molecular complexity index is 285. The first-order chi connectivity index (χ1) is 5.59. The van der Waals surface area contributed by atoms with Crippen LogP contribution in [0.3, 0.4) is 0 Å². The second-order valence-corrected chi connectivity index (χ2v) is 2.89. The Kier molecular flexibility index (Phi) is 1.43. The molecule has 1 fully saturated rings. The fourth-order valence-electron chi connectivity index (χ4n) is 1.15. The topological polar surface area (TPSA) is 17.8 Å². The number of rotatable bonds is 1. The Morgan fingerprint density at radius 3 is 2.58 bits per heavy atom. The molecule has 0 aliphatic heterocycles. The zero-order valence-corrected chi connectivity index (χ0v) is 6.17. The second-order valence-electron chi connectivity index (χ2n) is 2.89. The zero-order chi connectivity index (χ0) is 8.77. The van der Waals surface area contributed by atoms with Gasteiger partial charge in [-0.2, -0.15) is 18.3 Å². The summed E-state index contributed by atoms with van der Waals surface area (Å²) in [5.74, 6) is 0. The van der Waals surface area contributed by atoms with Crippen molar-refractivity contribution in [3.63, 3.8) is 0 Å². The van der Waals surface area contributed by atoms with E-state index in [4.69, 9.17) is 0 Å². The van der Waals surface area contributed by atoms with Crippen molar-refractivity contribution in [3.05, 3.63) is 18.0 Å². The summed E-state index contributed by atoms with van der Waals surface area (Å²) >= 11 is 0. The molecule has 0 N–H and O–H groups in total. The number of hydrogen-bond acceptors (Lipinski definition) is 1. The lowest BCUT2D eigenvalue weighted by Crippen LogP contribution is -2.13. The highest BCUT2D eigenvalue weighted by molar-refractivity contribution is 5.07. The van der Waals surface area contributed by atoms with Crippen molar-refractivity contribution < 1.29 is 13.2 Å². The second kappa shape index (κ2) is 2.24. The van der Waals surface area contributed by atoms with Crippen LogP contribution in [0.15, 0.2) is 12.3 Å². The SMILES string of the molecule is FC(F)(F)c1ccnn1C1CC1. The largest absolute Gasteiger partial charge is 0.433 e. The van der Waals surface area contributed by atoms with Crippen LogP contribution in [0.1, 0.15) is 24.6 Å². The van der Waals surface area contributed by atoms with E-state index < -0.39 is 11.9 Å². The van der Waals surface area contributed by atoms with Crippen LogP contribution in [0, 0.1) is 0 Å². The molecule has 0 aromatic carbocycles. The Morgan fingerprint density at radius 2 is 2.08 bits per heavy atom. The molecular weight excluding hydrogens is 169 g/mol. The fourth-order valence-corrected chi connectivity index (χ4v) is 1.15. The number of nitrogens with zero attached hydrogens (tertiary/aromatic N) is 2. The fraction of sp³-hybridized carbons (Fsp3) is 0.571. The third-order valence-corrected chi connectivity index (χ3v) is 1.85. The summed E-state index contributed by atoms with van der Waals surface area (Å²) < 4.78 is 37.7. The number of aromatic nitrogens is 2. The van der Waals surface area contributed by atoms with E-state index in [1.807, 2.05) is 0 Å². The van der Waals surface area contributed by atoms with Gasteiger partial charge in [-0.05, 0) is 18.9 Å². The minimum absolute atomic E-state index is 0.0170. The lowest BCUT2D eigenvalue weighted by Gasteiger charge is -2.08. The van der Waals surface area contributed by atoms with Gasteiger partial charge in [0.25, 0.3) is 0 Å². The molecule has 1 aliphatic rings. The smallest absolute Gasteiger partial charge is 0.257 e. The maximum absolute atomic E-state index is 12.2. The van der Waals surface area contributed by atoms with Gasteiger partial charge in [-0.1, -0.05) is 0 Å². The van der Waals surface area contributed by atoms with Gasteiger partial charge in [-0.3, -0.25) is 4.68 Å². The first-order valence-electron chi connectivity index (χ1n) is 3.70. The molecule has 1 aromatic rings. The molecule has 2 rings (SSSR count). The standard InChI is InChI=1S/C7H7F3N2/c8-7(9,10)6-3-4-11-12(6)5-1-2-5/h3-5H,1-2H2. The monoisotopic (exact) mass is 176 g/mol. The number of alkyl halides is 3. The van der Waals surface area contributed by atoms with Crippen LogP contribution in [0.5, 0.6) is 0 Å². The van der Waals surface area contributed by atoms with Crippen LogP contribution in [-0.2, 0) is 6.18 Å². The molecule has 1 aliphatic carbocycles. The van der Waals surface area contributed by atoms with E-state index in [-0.39, 0.29) is 6.04 Å². The van der Waals surface area contributed by atoms with E-state index in [2.05, 4.69) is 5.10 Å². The van der Waals surface area contributed by atoms with Crippen molar-refractivity contribution in [2.75, 3.05) is 0 Å². The average Bonchev–Trinajstić information content (AvgIpc) is 2.65. The Balaban J connectivity index is 2.36. The van der Waals surface area contributed by atoms with E-state index in [1.54, 1.807) is 0 Å². The van der Waals surface area contributed by atoms with Crippen LogP contribution >= 0.6 is 0 Å². The Morgan fingerprint density at radius 1 is 1.42 bits per heavy atom. The third-order valence-electron chi connectivity index (χ3n) is 1.85. The van der Waals surface area contributed by atoms with E-state index in [9.17, 15) is 13.2 Å². The van der Waals surface area contributed by atoms with Crippen LogP contribution in [-0.4, -0.2) is 9.78 Å². The van der Waals surface area contributed by atoms with Crippen LogP contribution in [0.2, 0.25) is 0 Å². The van der Waals surface area contributed by atoms with E-state index in [0.717, 1.165) is 23.6 Å². The van der Waals surface area contributed by atoms with Gasteiger partial charge in [0.05, 0.1) is 6.04 Å². The van der Waals surface area contributed by atoms with Crippen LogP contribution in [0.4, 0.5) is 13.2 Å². The summed E-state index contributed by atoms with van der Waals surface area (Å²) in [6.45, 7) is 0. The molecule has 0 radical (unpaired) electrons. The summed E-state index contributed by atoms with van der Waals surface area (Å²) in [7, 11) is 0. The average molecular weight is 176 g/mol. The van der Waals surface area contributed by atoms with Crippen molar-refractivity contribution in [3.8, 4) is 0 Å². The van der Waals surface area contributed by atoms with Gasteiger partial charge in [0.1, 0.15) is 5.69 Å². The maximum Gasteiger partial charge on any atom is 0.433 e. The van der Waals surface area contributed by atoms with Gasteiger partial charge >= 0.3 is 6.18 Å². The first kappa shape index (κ1) is 7.64. The first-order valence-corrected chi connectivity index (χ1v) is 3.70. The molecule has 1 aromatic heterocycles. The minimum atomic E-state index is -4.26. The summed E-state index contributed by atoms with van der Waals surface area (Å²) in [6.07, 6.45) is -1.45. The number of halogens is 3. The summed E-state index contributed by atoms with van der Waals surface area (Å²) in [5, 5.41) is 3.64. The van der Waals surface area contributed by atoms with Crippen molar-refractivity contribution >= 4 is 0 Å². The molecule has 2 nitrogen and oxygen atoms in total. The van der Waals surface area contributed by atoms with E-state index in [0.29, 0.717) is 0 Å². The van der Waals surface area contributed by atoms with E-state index >= 15 is 0 Å². The lowest BCUT2D eigenvalue weighted by atomic mass is 10.4. The van der Waals surface area contributed by atoms with E-state index in [1.165, 1.54) is 6.20 Å². The zero-order valence-electron chi connectivity index (χ0n) is 6.17. The van der Waals surface area contributed by atoms with Gasteiger partial charge in [0.15, 0.2) is 0 Å². The summed E-state index contributed by atoms with van der Waals surface area (Å²) in [4.78, 5) is 0. The van der Waals surface area contributed by atoms with Crippen molar-refractivity contribution in [1.82, 2.24) is 9.78 Å². The van der Waals surface area contributed by atoms with Gasteiger partial charge < -0.3 is 0 Å². The molecule has 0 spiro atoms. The Hall–Kier alpha value is -1.00. The molecule has 0 bridgehead atoms. The van der Waals surface area contributed by atoms with Gasteiger partial charge in [-0.25, -0.2) is 0 Å². The van der Waals surface area contributed by atoms with Crippen molar-refractivity contribution in [1.29, 1.82) is 0 Å².